The van der Waals surface area contributed by atoms with Crippen LogP contribution >= 0.6 is 0 Å². The van der Waals surface area contributed by atoms with Crippen LogP contribution in [0.1, 0.15) is 5.56 Å². The third-order valence-corrected chi connectivity index (χ3v) is 3.01. The third kappa shape index (κ3) is 2.47. The molecule has 3 N–H and O–H groups in total. The van der Waals surface area contributed by atoms with E-state index in [4.69, 9.17) is 5.73 Å². The van der Waals surface area contributed by atoms with Crippen LogP contribution in [0.2, 0.25) is 0 Å². The fraction of sp³-hybridized carbons (Fsp3) is 0.0667. The topological polar surface area (TPSA) is 63.8 Å². The van der Waals surface area contributed by atoms with Gasteiger partial charge in [0.1, 0.15) is 11.6 Å². The van der Waals surface area contributed by atoms with Gasteiger partial charge in [-0.3, -0.25) is 0 Å². The predicted molar refractivity (Wildman–Crippen MR) is 77.7 cm³/mol. The van der Waals surface area contributed by atoms with Crippen LogP contribution in [0.4, 0.5) is 11.6 Å². The van der Waals surface area contributed by atoms with Gasteiger partial charge in [-0.05, 0) is 16.3 Å². The van der Waals surface area contributed by atoms with E-state index in [0.717, 1.165) is 5.82 Å². The van der Waals surface area contributed by atoms with Crippen molar-refractivity contribution in [2.75, 3.05) is 11.1 Å². The maximum atomic E-state index is 5.51. The molecule has 19 heavy (non-hydrogen) atoms. The Hall–Kier alpha value is -2.62. The van der Waals surface area contributed by atoms with E-state index in [1.165, 1.54) is 16.3 Å². The molecule has 0 unspecified atom stereocenters. The number of nitrogens with two attached hydrogens (primary N) is 1. The van der Waals surface area contributed by atoms with Crippen molar-refractivity contribution in [3.63, 3.8) is 0 Å². The summed E-state index contributed by atoms with van der Waals surface area (Å²) in [5, 5.41) is 5.74. The SMILES string of the molecule is Nc1cnc(NCc2cccc3ccccc23)cn1. The van der Waals surface area contributed by atoms with Crippen molar-refractivity contribution in [2.45, 2.75) is 6.54 Å². The quantitative estimate of drug-likeness (QED) is 0.750. The summed E-state index contributed by atoms with van der Waals surface area (Å²) in [6, 6.07) is 14.6. The highest BCUT2D eigenvalue weighted by molar-refractivity contribution is 5.85. The van der Waals surface area contributed by atoms with Gasteiger partial charge in [0.05, 0.1) is 12.4 Å². The minimum atomic E-state index is 0.427. The van der Waals surface area contributed by atoms with Crippen LogP contribution in [-0.4, -0.2) is 9.97 Å². The average Bonchev–Trinajstić information content (AvgIpc) is 2.47. The molecule has 4 heteroatoms. The first-order valence-corrected chi connectivity index (χ1v) is 6.11. The lowest BCUT2D eigenvalue weighted by molar-refractivity contribution is 1.10. The van der Waals surface area contributed by atoms with Gasteiger partial charge < -0.3 is 11.1 Å². The standard InChI is InChI=1S/C15H14N4/c16-14-9-19-15(10-17-14)18-8-12-6-3-5-11-4-1-2-7-13(11)12/h1-7,9-10H,8H2,(H2,16,17)(H,18,19). The minimum absolute atomic E-state index is 0.427. The van der Waals surface area contributed by atoms with Gasteiger partial charge in [0, 0.05) is 6.54 Å². The predicted octanol–water partition coefficient (Wildman–Crippen LogP) is 2.82. The first-order valence-electron chi connectivity index (χ1n) is 6.11. The fourth-order valence-electron chi connectivity index (χ4n) is 2.06. The number of benzene rings is 2. The van der Waals surface area contributed by atoms with Gasteiger partial charge in [-0.25, -0.2) is 9.97 Å². The zero-order chi connectivity index (χ0) is 13.1. The van der Waals surface area contributed by atoms with Crippen LogP contribution in [0.5, 0.6) is 0 Å². The Morgan fingerprint density at radius 1 is 0.947 bits per heavy atom. The highest BCUT2D eigenvalue weighted by Gasteiger charge is 2.00. The number of hydrogen-bond acceptors (Lipinski definition) is 4. The molecule has 0 amide bonds. The molecule has 0 saturated heterocycles. The van der Waals surface area contributed by atoms with E-state index in [9.17, 15) is 0 Å². The molecule has 0 radical (unpaired) electrons. The van der Waals surface area contributed by atoms with Crippen molar-refractivity contribution in [1.82, 2.24) is 9.97 Å². The molecule has 3 rings (SSSR count). The first kappa shape index (κ1) is 11.5. The van der Waals surface area contributed by atoms with Gasteiger partial charge in [0.15, 0.2) is 0 Å². The maximum Gasteiger partial charge on any atom is 0.144 e. The molecule has 0 saturated carbocycles. The van der Waals surface area contributed by atoms with Crippen LogP contribution in [0.3, 0.4) is 0 Å². The van der Waals surface area contributed by atoms with Crippen molar-refractivity contribution >= 4 is 22.4 Å². The number of rotatable bonds is 3. The molecule has 4 nitrogen and oxygen atoms in total. The monoisotopic (exact) mass is 250 g/mol. The van der Waals surface area contributed by atoms with Crippen LogP contribution in [0.25, 0.3) is 10.8 Å². The molecule has 2 aromatic carbocycles. The van der Waals surface area contributed by atoms with Gasteiger partial charge in [-0.15, -0.1) is 0 Å². The molecule has 0 fully saturated rings. The van der Waals surface area contributed by atoms with Crippen molar-refractivity contribution in [3.8, 4) is 0 Å². The molecule has 0 bridgehead atoms. The normalized spacial score (nSPS) is 10.5. The number of aromatic nitrogens is 2. The molecule has 0 aliphatic heterocycles. The summed E-state index contributed by atoms with van der Waals surface area (Å²) in [5.41, 5.74) is 6.74. The van der Waals surface area contributed by atoms with Gasteiger partial charge in [0.2, 0.25) is 0 Å². The lowest BCUT2D eigenvalue weighted by Crippen LogP contribution is -2.03. The maximum absolute atomic E-state index is 5.51. The molecule has 0 aliphatic carbocycles. The van der Waals surface area contributed by atoms with Crippen LogP contribution in [-0.2, 0) is 6.54 Å². The largest absolute Gasteiger partial charge is 0.382 e. The van der Waals surface area contributed by atoms with Gasteiger partial charge >= 0.3 is 0 Å². The molecular formula is C15H14N4. The van der Waals surface area contributed by atoms with Crippen LogP contribution in [0.15, 0.2) is 54.9 Å². The Morgan fingerprint density at radius 2 is 1.79 bits per heavy atom. The van der Waals surface area contributed by atoms with Crippen LogP contribution in [0, 0.1) is 0 Å². The second-order valence-electron chi connectivity index (χ2n) is 4.32. The number of nitrogens with zero attached hydrogens (tertiary/aromatic N) is 2. The second-order valence-corrected chi connectivity index (χ2v) is 4.32. The van der Waals surface area contributed by atoms with E-state index >= 15 is 0 Å². The number of hydrogen-bond donors (Lipinski definition) is 2. The van der Waals surface area contributed by atoms with E-state index in [1.54, 1.807) is 12.4 Å². The van der Waals surface area contributed by atoms with E-state index in [0.29, 0.717) is 12.4 Å². The summed E-state index contributed by atoms with van der Waals surface area (Å²) < 4.78 is 0. The number of fused-ring (bicyclic) bond motifs is 1. The van der Waals surface area contributed by atoms with Gasteiger partial charge in [-0.1, -0.05) is 42.5 Å². The third-order valence-electron chi connectivity index (χ3n) is 3.01. The second kappa shape index (κ2) is 4.94. The summed E-state index contributed by atoms with van der Waals surface area (Å²) in [6.45, 7) is 0.708. The Kier molecular flexibility index (Phi) is 2.98. The van der Waals surface area contributed by atoms with Crippen molar-refractivity contribution in [2.24, 2.45) is 0 Å². The fourth-order valence-corrected chi connectivity index (χ4v) is 2.06. The first-order chi connectivity index (χ1) is 9.33. The number of nitrogens with one attached hydrogen (secondary N) is 1. The molecule has 0 aliphatic rings. The smallest absolute Gasteiger partial charge is 0.144 e. The van der Waals surface area contributed by atoms with E-state index in [2.05, 4.69) is 51.7 Å². The Labute approximate surface area is 111 Å². The van der Waals surface area contributed by atoms with Crippen molar-refractivity contribution in [3.05, 3.63) is 60.4 Å². The Balaban J connectivity index is 1.84. The molecule has 1 aromatic heterocycles. The lowest BCUT2D eigenvalue weighted by Gasteiger charge is -2.08. The van der Waals surface area contributed by atoms with E-state index in [1.807, 2.05) is 6.07 Å². The van der Waals surface area contributed by atoms with Gasteiger partial charge in [0.25, 0.3) is 0 Å². The average molecular weight is 250 g/mol. The zero-order valence-electron chi connectivity index (χ0n) is 10.4. The minimum Gasteiger partial charge on any atom is -0.382 e. The molecule has 0 atom stereocenters. The van der Waals surface area contributed by atoms with Gasteiger partial charge in [-0.2, -0.15) is 0 Å². The molecule has 3 aromatic rings. The van der Waals surface area contributed by atoms with Crippen molar-refractivity contribution < 1.29 is 0 Å². The Bertz CT molecular complexity index is 687. The number of nitrogen functional groups attached to an aromatic ring is 1. The molecular weight excluding hydrogens is 236 g/mol. The summed E-state index contributed by atoms with van der Waals surface area (Å²) >= 11 is 0. The summed E-state index contributed by atoms with van der Waals surface area (Å²) in [5.74, 6) is 1.15. The Morgan fingerprint density at radius 3 is 2.63 bits per heavy atom. The van der Waals surface area contributed by atoms with Crippen molar-refractivity contribution in [1.29, 1.82) is 0 Å². The molecule has 0 spiro atoms. The number of anilines is 2. The summed E-state index contributed by atoms with van der Waals surface area (Å²) in [7, 11) is 0. The highest BCUT2D eigenvalue weighted by atomic mass is 15.0. The van der Waals surface area contributed by atoms with E-state index < -0.39 is 0 Å². The summed E-state index contributed by atoms with van der Waals surface area (Å²) in [4.78, 5) is 8.18. The summed E-state index contributed by atoms with van der Waals surface area (Å²) in [6.07, 6.45) is 3.19. The van der Waals surface area contributed by atoms with E-state index in [-0.39, 0.29) is 0 Å². The lowest BCUT2D eigenvalue weighted by atomic mass is 10.0. The zero-order valence-corrected chi connectivity index (χ0v) is 10.4. The highest BCUT2D eigenvalue weighted by Crippen LogP contribution is 2.19. The van der Waals surface area contributed by atoms with Crippen LogP contribution < -0.4 is 11.1 Å². The molecule has 94 valence electrons. The molecule has 1 heterocycles.